The predicted octanol–water partition coefficient (Wildman–Crippen LogP) is -4.81. The van der Waals surface area contributed by atoms with Gasteiger partial charge in [-0.2, -0.15) is 0 Å². The number of hydrogen-bond donors (Lipinski definition) is 9. The summed E-state index contributed by atoms with van der Waals surface area (Å²) in [5.41, 5.74) is -1.35. The van der Waals surface area contributed by atoms with Crippen molar-refractivity contribution in [2.45, 2.75) is 106 Å². The Kier molecular flexibility index (Phi) is 10.2. The fourth-order valence-electron chi connectivity index (χ4n) is 6.37. The Bertz CT molecular complexity index is 1040. The molecule has 44 heavy (non-hydrogen) atoms. The minimum absolute atomic E-state index is 0.0145. The number of carbonyl (C=O) groups is 1. The number of esters is 1. The van der Waals surface area contributed by atoms with Crippen LogP contribution >= 0.6 is 0 Å². The highest BCUT2D eigenvalue weighted by atomic mass is 16.7. The number of aliphatic hydroxyl groups is 9. The number of fused-ring (bicyclic) bond motifs is 3. The molecular formula is C27H42O17. The monoisotopic (exact) mass is 638 g/mol. The lowest BCUT2D eigenvalue weighted by atomic mass is 9.79. The summed E-state index contributed by atoms with van der Waals surface area (Å²) in [7, 11) is 0. The summed E-state index contributed by atoms with van der Waals surface area (Å²) in [5.74, 6) is -2.04. The highest BCUT2D eigenvalue weighted by molar-refractivity contribution is 5.69. The Morgan fingerprint density at radius 1 is 0.864 bits per heavy atom. The molecule has 0 spiro atoms. The molecule has 1 saturated carbocycles. The molecule has 4 aliphatic heterocycles. The van der Waals surface area contributed by atoms with E-state index in [0.717, 1.165) is 0 Å². The largest absolute Gasteiger partial charge is 0.462 e. The van der Waals surface area contributed by atoms with Crippen LogP contribution in [0.2, 0.25) is 0 Å². The predicted molar refractivity (Wildman–Crippen MR) is 139 cm³/mol. The van der Waals surface area contributed by atoms with Gasteiger partial charge in [-0.3, -0.25) is 4.79 Å². The Labute approximate surface area is 252 Å². The maximum absolute atomic E-state index is 12.4. The van der Waals surface area contributed by atoms with E-state index >= 15 is 0 Å². The first-order chi connectivity index (χ1) is 20.8. The highest BCUT2D eigenvalue weighted by Crippen LogP contribution is 2.58. The van der Waals surface area contributed by atoms with Crippen LogP contribution in [0.3, 0.4) is 0 Å². The highest BCUT2D eigenvalue weighted by Gasteiger charge is 2.74. The number of aliphatic hydroxyl groups excluding tert-OH is 8. The Hall–Kier alpha value is -1.55. The zero-order valence-electron chi connectivity index (χ0n) is 24.1. The molecule has 17 nitrogen and oxygen atoms in total. The fraction of sp³-hybridized carbons (Fsp3) is 0.889. The minimum Gasteiger partial charge on any atom is -0.462 e. The van der Waals surface area contributed by atoms with E-state index in [-0.39, 0.29) is 18.9 Å². The molecule has 3 saturated heterocycles. The molecule has 1 aliphatic carbocycles. The third-order valence-electron chi connectivity index (χ3n) is 8.84. The van der Waals surface area contributed by atoms with Crippen LogP contribution in [0.5, 0.6) is 0 Å². The van der Waals surface area contributed by atoms with Crippen LogP contribution in [-0.2, 0) is 38.0 Å². The van der Waals surface area contributed by atoms with Gasteiger partial charge in [0.1, 0.15) is 60.5 Å². The molecule has 0 amide bonds. The van der Waals surface area contributed by atoms with E-state index < -0.39 is 123 Å². The van der Waals surface area contributed by atoms with E-state index in [9.17, 15) is 50.8 Å². The molecule has 16 atom stereocenters. The molecule has 17 heteroatoms. The smallest absolute Gasteiger partial charge is 0.309 e. The van der Waals surface area contributed by atoms with Crippen molar-refractivity contribution in [2.24, 2.45) is 17.8 Å². The van der Waals surface area contributed by atoms with E-state index in [1.807, 2.05) is 13.8 Å². The third-order valence-corrected chi connectivity index (χ3v) is 8.84. The number of hydrogen-bond acceptors (Lipinski definition) is 17. The Morgan fingerprint density at radius 3 is 2.09 bits per heavy atom. The first kappa shape index (κ1) is 33.8. The van der Waals surface area contributed by atoms with Crippen molar-refractivity contribution >= 4 is 5.97 Å². The van der Waals surface area contributed by atoms with Gasteiger partial charge in [-0.1, -0.05) is 13.8 Å². The van der Waals surface area contributed by atoms with Gasteiger partial charge in [0.25, 0.3) is 0 Å². The van der Waals surface area contributed by atoms with Gasteiger partial charge in [0, 0.05) is 12.3 Å². The van der Waals surface area contributed by atoms with Crippen molar-refractivity contribution in [1.82, 2.24) is 0 Å². The SMILES string of the molecule is CC(C)CC(=O)O[C@@H]1OC=C(CO[C@H]2O[C@@H](CO[C@@H]3O[C@H](CO)[C@@H](O)[C@H](O)[C@@H]3O)[C@@H](O)[C@@H](O)[C@@H]2O)[C@H]2[C@@H]3O[C@@H]3[C@@](O)(CO)[C@@H]12. The topological polar surface area (TPSA) is 267 Å². The van der Waals surface area contributed by atoms with Gasteiger partial charge in [0.15, 0.2) is 12.6 Å². The zero-order valence-corrected chi connectivity index (χ0v) is 24.1. The second-order valence-electron chi connectivity index (χ2n) is 12.4. The summed E-state index contributed by atoms with van der Waals surface area (Å²) in [5, 5.41) is 92.3. The van der Waals surface area contributed by atoms with Crippen molar-refractivity contribution in [3.05, 3.63) is 11.8 Å². The van der Waals surface area contributed by atoms with Crippen molar-refractivity contribution in [3.63, 3.8) is 0 Å². The van der Waals surface area contributed by atoms with Crippen molar-refractivity contribution in [1.29, 1.82) is 0 Å². The number of epoxide rings is 1. The quantitative estimate of drug-likeness (QED) is 0.0759. The van der Waals surface area contributed by atoms with E-state index in [2.05, 4.69) is 0 Å². The molecule has 9 N–H and O–H groups in total. The van der Waals surface area contributed by atoms with Crippen molar-refractivity contribution in [2.75, 3.05) is 26.4 Å². The third kappa shape index (κ3) is 6.24. The van der Waals surface area contributed by atoms with E-state index in [4.69, 9.17) is 33.2 Å². The van der Waals surface area contributed by atoms with E-state index in [1.165, 1.54) is 6.26 Å². The summed E-state index contributed by atoms with van der Waals surface area (Å²) in [6.45, 7) is 1.50. The lowest BCUT2D eigenvalue weighted by molar-refractivity contribution is -0.330. The van der Waals surface area contributed by atoms with E-state index in [0.29, 0.717) is 5.57 Å². The molecule has 0 unspecified atom stereocenters. The van der Waals surface area contributed by atoms with Crippen LogP contribution in [0.4, 0.5) is 0 Å². The average molecular weight is 639 g/mol. The molecule has 252 valence electrons. The fourth-order valence-corrected chi connectivity index (χ4v) is 6.37. The van der Waals surface area contributed by atoms with Crippen LogP contribution in [0.25, 0.3) is 0 Å². The minimum atomic E-state index is -1.77. The number of ether oxygens (including phenoxy) is 7. The number of rotatable bonds is 11. The van der Waals surface area contributed by atoms with Crippen LogP contribution in [0, 0.1) is 17.8 Å². The average Bonchev–Trinajstić information content (AvgIpc) is 3.75. The first-order valence-corrected chi connectivity index (χ1v) is 14.6. The molecule has 4 fully saturated rings. The standard InChI is InChI=1S/C27H42O17/c1-9(2)3-13(30)43-24-15-14(22-23(44-22)27(15,37)8-29)10(5-38-24)6-39-25-21(36)19(34)17(32)12(42-25)7-40-26-20(35)18(33)16(31)11(4-28)41-26/h5,9,11-12,14-26,28-29,31-37H,3-4,6-8H2,1-2H3/t11-,12+,14-,15-,16-,17-,18+,19-,20+,21+,22+,23+,24+,25+,26-,27-/m1/s1. The summed E-state index contributed by atoms with van der Waals surface area (Å²) < 4.78 is 38.9. The van der Waals surface area contributed by atoms with Gasteiger partial charge in [0.05, 0.1) is 44.7 Å². The maximum Gasteiger partial charge on any atom is 0.309 e. The maximum atomic E-state index is 12.4. The molecule has 5 aliphatic rings. The van der Waals surface area contributed by atoms with Gasteiger partial charge in [-0.15, -0.1) is 0 Å². The van der Waals surface area contributed by atoms with Gasteiger partial charge >= 0.3 is 5.97 Å². The number of carbonyl (C=O) groups excluding carboxylic acids is 1. The summed E-state index contributed by atoms with van der Waals surface area (Å²) >= 11 is 0. The molecule has 5 rings (SSSR count). The van der Waals surface area contributed by atoms with Gasteiger partial charge < -0.3 is 79.1 Å². The molecular weight excluding hydrogens is 596 g/mol. The lowest BCUT2D eigenvalue weighted by Crippen LogP contribution is -2.61. The molecule has 4 heterocycles. The van der Waals surface area contributed by atoms with Crippen LogP contribution in [0.15, 0.2) is 11.8 Å². The first-order valence-electron chi connectivity index (χ1n) is 14.6. The lowest BCUT2D eigenvalue weighted by Gasteiger charge is -2.43. The van der Waals surface area contributed by atoms with Crippen LogP contribution in [-0.4, -0.2) is 164 Å². The summed E-state index contributed by atoms with van der Waals surface area (Å²) in [6, 6.07) is 0. The molecule has 0 radical (unpaired) electrons. The summed E-state index contributed by atoms with van der Waals surface area (Å²) in [4.78, 5) is 12.4. The second-order valence-corrected chi connectivity index (χ2v) is 12.4. The van der Waals surface area contributed by atoms with Crippen molar-refractivity contribution < 1.29 is 83.9 Å². The molecule has 0 bridgehead atoms. The molecule has 0 aromatic carbocycles. The molecule has 0 aromatic heterocycles. The summed E-state index contributed by atoms with van der Waals surface area (Å²) in [6.07, 6.45) is -16.9. The second kappa shape index (κ2) is 13.3. The van der Waals surface area contributed by atoms with E-state index in [1.54, 1.807) is 0 Å². The Balaban J connectivity index is 1.24. The zero-order chi connectivity index (χ0) is 32.1. The van der Waals surface area contributed by atoms with Gasteiger partial charge in [-0.05, 0) is 11.5 Å². The normalized spacial score (nSPS) is 48.3. The molecule has 0 aromatic rings. The van der Waals surface area contributed by atoms with Crippen LogP contribution < -0.4 is 0 Å². The van der Waals surface area contributed by atoms with Crippen LogP contribution in [0.1, 0.15) is 20.3 Å². The van der Waals surface area contributed by atoms with Gasteiger partial charge in [0.2, 0.25) is 6.29 Å². The Morgan fingerprint density at radius 2 is 1.48 bits per heavy atom. The van der Waals surface area contributed by atoms with Gasteiger partial charge in [-0.25, -0.2) is 0 Å². The van der Waals surface area contributed by atoms with Crippen molar-refractivity contribution in [3.8, 4) is 0 Å².